The molecule has 0 aliphatic carbocycles. The zero-order chi connectivity index (χ0) is 26.6. The van der Waals surface area contributed by atoms with Gasteiger partial charge in [-0.3, -0.25) is 4.79 Å². The van der Waals surface area contributed by atoms with Gasteiger partial charge in [-0.25, -0.2) is 14.6 Å². The van der Waals surface area contributed by atoms with E-state index in [1.807, 2.05) is 0 Å². The van der Waals surface area contributed by atoms with Gasteiger partial charge in [0.25, 0.3) is 5.91 Å². The molecular weight excluding hydrogens is 573 g/mol. The van der Waals surface area contributed by atoms with Crippen molar-refractivity contribution in [3.8, 4) is 16.9 Å². The monoisotopic (exact) mass is 589 g/mol. The number of nitrogens with zero attached hydrogens (tertiary/aromatic N) is 1. The van der Waals surface area contributed by atoms with E-state index in [9.17, 15) is 14.0 Å². The van der Waals surface area contributed by atoms with E-state index < -0.39 is 17.7 Å². The van der Waals surface area contributed by atoms with Crippen LogP contribution in [0.25, 0.3) is 22.0 Å². The zero-order valence-electron chi connectivity index (χ0n) is 19.5. The molecule has 0 bridgehead atoms. The van der Waals surface area contributed by atoms with Gasteiger partial charge in [-0.2, -0.15) is 5.10 Å². The number of amides is 1. The highest BCUT2D eigenvalue weighted by Crippen LogP contribution is 2.37. The molecule has 38 heavy (non-hydrogen) atoms. The molecule has 1 amide bonds. The fourth-order valence-corrected chi connectivity index (χ4v) is 4.41. The van der Waals surface area contributed by atoms with E-state index in [0.29, 0.717) is 38.2 Å². The summed E-state index contributed by atoms with van der Waals surface area (Å²) in [6.45, 7) is 0. The summed E-state index contributed by atoms with van der Waals surface area (Å²) in [7, 11) is 0. The third kappa shape index (κ3) is 5.37. The third-order valence-corrected chi connectivity index (χ3v) is 6.56. The van der Waals surface area contributed by atoms with Crippen LogP contribution in [0.1, 0.15) is 26.4 Å². The van der Waals surface area contributed by atoms with Crippen molar-refractivity contribution in [3.63, 3.8) is 0 Å². The van der Waals surface area contributed by atoms with Crippen LogP contribution in [-0.2, 0) is 0 Å². The van der Waals surface area contributed by atoms with Gasteiger partial charge in [0.2, 0.25) is 0 Å². The first-order chi connectivity index (χ1) is 18.4. The molecule has 1 heterocycles. The van der Waals surface area contributed by atoms with E-state index >= 15 is 0 Å². The number of esters is 1. The third-order valence-electron chi connectivity index (χ3n) is 5.70. The number of hydrogen-bond donors (Lipinski definition) is 2. The molecule has 0 unspecified atom stereocenters. The number of hydrazone groups is 1. The van der Waals surface area contributed by atoms with E-state index in [-0.39, 0.29) is 11.4 Å². The molecule has 0 radical (unpaired) electrons. The van der Waals surface area contributed by atoms with Crippen LogP contribution in [0.2, 0.25) is 5.02 Å². The van der Waals surface area contributed by atoms with Gasteiger partial charge in [-0.1, -0.05) is 57.9 Å². The van der Waals surface area contributed by atoms with Crippen LogP contribution in [0.4, 0.5) is 4.39 Å². The molecule has 0 spiro atoms. The molecule has 0 atom stereocenters. The van der Waals surface area contributed by atoms with Crippen molar-refractivity contribution in [2.75, 3.05) is 0 Å². The van der Waals surface area contributed by atoms with Crippen LogP contribution < -0.4 is 10.2 Å². The number of rotatable bonds is 6. The number of carbonyl (C=O) groups excluding carboxylic acids is 2. The number of aromatic nitrogens is 1. The minimum atomic E-state index is -0.558. The second-order valence-electron chi connectivity index (χ2n) is 8.18. The predicted molar refractivity (Wildman–Crippen MR) is 149 cm³/mol. The molecule has 9 heteroatoms. The number of fused-ring (bicyclic) bond motifs is 1. The Kier molecular flexibility index (Phi) is 7.35. The summed E-state index contributed by atoms with van der Waals surface area (Å²) >= 11 is 9.75. The van der Waals surface area contributed by atoms with Crippen molar-refractivity contribution in [2.24, 2.45) is 5.10 Å². The molecule has 0 saturated carbocycles. The largest absolute Gasteiger partial charge is 0.422 e. The van der Waals surface area contributed by atoms with E-state index in [0.717, 1.165) is 4.47 Å². The number of nitrogens with one attached hydrogen (secondary N) is 2. The summed E-state index contributed by atoms with van der Waals surface area (Å²) in [5, 5.41) is 4.99. The maximum atomic E-state index is 14.1. The minimum absolute atomic E-state index is 0.172. The van der Waals surface area contributed by atoms with Gasteiger partial charge in [0.15, 0.2) is 0 Å². The number of benzene rings is 4. The maximum Gasteiger partial charge on any atom is 0.343 e. The van der Waals surface area contributed by atoms with Gasteiger partial charge in [-0.15, -0.1) is 0 Å². The number of hydrogen-bond acceptors (Lipinski definition) is 4. The summed E-state index contributed by atoms with van der Waals surface area (Å²) in [6.07, 6.45) is 1.37. The fourth-order valence-electron chi connectivity index (χ4n) is 3.92. The molecule has 0 aliphatic heterocycles. The molecule has 0 aliphatic rings. The Morgan fingerprint density at radius 1 is 0.974 bits per heavy atom. The molecule has 0 fully saturated rings. The summed E-state index contributed by atoms with van der Waals surface area (Å²) in [5.41, 5.74) is 5.12. The summed E-state index contributed by atoms with van der Waals surface area (Å²) in [4.78, 5) is 28.8. The number of para-hydroxylation sites is 1. The highest BCUT2D eigenvalue weighted by molar-refractivity contribution is 9.10. The van der Waals surface area contributed by atoms with E-state index in [1.54, 1.807) is 78.9 Å². The maximum absolute atomic E-state index is 14.1. The van der Waals surface area contributed by atoms with Crippen molar-refractivity contribution in [3.05, 3.63) is 123 Å². The second-order valence-corrected chi connectivity index (χ2v) is 9.50. The van der Waals surface area contributed by atoms with Crippen molar-refractivity contribution >= 4 is 56.5 Å². The molecule has 4 aromatic carbocycles. The van der Waals surface area contributed by atoms with Gasteiger partial charge in [0.05, 0.1) is 11.8 Å². The number of aromatic amines is 1. The predicted octanol–water partition coefficient (Wildman–Crippen LogP) is 7.37. The second kappa shape index (κ2) is 11.0. The Morgan fingerprint density at radius 2 is 1.71 bits per heavy atom. The Hall–Kier alpha value is -4.27. The highest BCUT2D eigenvalue weighted by atomic mass is 79.9. The SMILES string of the molecule is O=C(Oc1ccccc1C=NNC(=O)c1[nH]c2ccc(F)cc2c1-c1ccccc1Cl)c1ccc(Br)cc1. The average molecular weight is 591 g/mol. The summed E-state index contributed by atoms with van der Waals surface area (Å²) < 4.78 is 20.5. The first-order valence-corrected chi connectivity index (χ1v) is 12.5. The zero-order valence-corrected chi connectivity index (χ0v) is 21.9. The number of H-pyrrole nitrogens is 1. The number of halogens is 3. The van der Waals surface area contributed by atoms with Gasteiger partial charge in [-0.05, 0) is 60.7 Å². The van der Waals surface area contributed by atoms with Crippen LogP contribution in [-0.4, -0.2) is 23.1 Å². The molecule has 2 N–H and O–H groups in total. The quantitative estimate of drug-likeness (QED) is 0.0937. The Bertz CT molecular complexity index is 1700. The van der Waals surface area contributed by atoms with Gasteiger partial charge >= 0.3 is 5.97 Å². The molecule has 188 valence electrons. The van der Waals surface area contributed by atoms with Crippen LogP contribution >= 0.6 is 27.5 Å². The van der Waals surface area contributed by atoms with E-state index in [1.165, 1.54) is 18.3 Å². The highest BCUT2D eigenvalue weighted by Gasteiger charge is 2.21. The number of carbonyl (C=O) groups is 2. The lowest BCUT2D eigenvalue weighted by Gasteiger charge is -2.08. The summed E-state index contributed by atoms with van der Waals surface area (Å²) in [6, 6.07) is 24.8. The first kappa shape index (κ1) is 25.4. The van der Waals surface area contributed by atoms with E-state index in [2.05, 4.69) is 31.4 Å². The average Bonchev–Trinajstić information content (AvgIpc) is 3.28. The van der Waals surface area contributed by atoms with Crippen LogP contribution in [0.15, 0.2) is 101 Å². The molecule has 1 aromatic heterocycles. The topological polar surface area (TPSA) is 83.5 Å². The lowest BCUT2D eigenvalue weighted by atomic mass is 10.0. The molecule has 6 nitrogen and oxygen atoms in total. The summed E-state index contributed by atoms with van der Waals surface area (Å²) in [5.74, 6) is -1.26. The molecular formula is C29H18BrClFN3O3. The molecule has 5 rings (SSSR count). The van der Waals surface area contributed by atoms with Gasteiger partial charge in [0.1, 0.15) is 17.3 Å². The minimum Gasteiger partial charge on any atom is -0.422 e. The Balaban J connectivity index is 1.40. The van der Waals surface area contributed by atoms with Crippen molar-refractivity contribution in [1.82, 2.24) is 10.4 Å². The van der Waals surface area contributed by atoms with E-state index in [4.69, 9.17) is 16.3 Å². The van der Waals surface area contributed by atoms with Crippen molar-refractivity contribution in [1.29, 1.82) is 0 Å². The van der Waals surface area contributed by atoms with Crippen molar-refractivity contribution < 1.29 is 18.7 Å². The Morgan fingerprint density at radius 3 is 2.50 bits per heavy atom. The fraction of sp³-hybridized carbons (Fsp3) is 0. The number of ether oxygens (including phenoxy) is 1. The lowest BCUT2D eigenvalue weighted by Crippen LogP contribution is -2.19. The normalized spacial score (nSPS) is 11.1. The smallest absolute Gasteiger partial charge is 0.343 e. The van der Waals surface area contributed by atoms with Crippen molar-refractivity contribution in [2.45, 2.75) is 0 Å². The standard InChI is InChI=1S/C29H18BrClFN3O3/c30-19-11-9-17(10-12-19)29(37)38-25-8-4-1-5-18(25)16-33-35-28(36)27-26(21-6-2-3-7-23(21)31)22-15-20(32)13-14-24(22)34-27/h1-16,34H,(H,35,36). The van der Waals surface area contributed by atoms with Gasteiger partial charge < -0.3 is 9.72 Å². The van der Waals surface area contributed by atoms with Crippen LogP contribution in [0, 0.1) is 5.82 Å². The first-order valence-electron chi connectivity index (χ1n) is 11.4. The Labute approximate surface area is 230 Å². The van der Waals surface area contributed by atoms with Gasteiger partial charge in [0, 0.05) is 37.1 Å². The van der Waals surface area contributed by atoms with Crippen LogP contribution in [0.3, 0.4) is 0 Å². The van der Waals surface area contributed by atoms with Crippen LogP contribution in [0.5, 0.6) is 5.75 Å². The molecule has 0 saturated heterocycles. The lowest BCUT2D eigenvalue weighted by molar-refractivity contribution is 0.0734. The molecule has 5 aromatic rings.